The first-order valence-corrected chi connectivity index (χ1v) is 5.29. The number of ketones is 1. The highest BCUT2D eigenvalue weighted by Gasteiger charge is 2.32. The number of piperidine rings is 1. The van der Waals surface area contributed by atoms with Gasteiger partial charge in [-0.25, -0.2) is 0 Å². The Bertz CT molecular complexity index is 265. The molecule has 0 spiro atoms. The van der Waals surface area contributed by atoms with Crippen LogP contribution in [0.1, 0.15) is 33.1 Å². The third-order valence-electron chi connectivity index (χ3n) is 2.90. The molecule has 1 heterocycles. The van der Waals surface area contributed by atoms with Gasteiger partial charge >= 0.3 is 0 Å². The lowest BCUT2D eigenvalue weighted by Crippen LogP contribution is -2.49. The Labute approximate surface area is 90.6 Å². The van der Waals surface area contributed by atoms with Gasteiger partial charge in [0, 0.05) is 20.2 Å². The second-order valence-electron chi connectivity index (χ2n) is 4.45. The molecule has 0 N–H and O–H groups in total. The molecule has 1 aliphatic heterocycles. The Morgan fingerprint density at radius 2 is 2.13 bits per heavy atom. The third-order valence-corrected chi connectivity index (χ3v) is 2.90. The lowest BCUT2D eigenvalue weighted by atomic mass is 9.94. The van der Waals surface area contributed by atoms with Crippen molar-refractivity contribution in [3.05, 3.63) is 0 Å². The van der Waals surface area contributed by atoms with Gasteiger partial charge in [-0.3, -0.25) is 9.59 Å². The summed E-state index contributed by atoms with van der Waals surface area (Å²) in [6.45, 7) is 4.78. The number of methoxy groups -OCH3 is 1. The van der Waals surface area contributed by atoms with E-state index in [4.69, 9.17) is 4.74 Å². The summed E-state index contributed by atoms with van der Waals surface area (Å²) in [7, 11) is 1.67. The summed E-state index contributed by atoms with van der Waals surface area (Å²) < 4.78 is 5.39. The smallest absolute Gasteiger partial charge is 0.230 e. The molecular formula is C11H19NO3. The highest BCUT2D eigenvalue weighted by atomic mass is 16.5. The van der Waals surface area contributed by atoms with Crippen molar-refractivity contribution in [2.75, 3.05) is 20.2 Å². The van der Waals surface area contributed by atoms with Crippen molar-refractivity contribution in [1.82, 2.24) is 4.90 Å². The van der Waals surface area contributed by atoms with Gasteiger partial charge in [0.2, 0.25) is 5.91 Å². The maximum atomic E-state index is 11.7. The van der Waals surface area contributed by atoms with Crippen molar-refractivity contribution in [3.63, 3.8) is 0 Å². The van der Waals surface area contributed by atoms with Crippen LogP contribution in [0.2, 0.25) is 0 Å². The van der Waals surface area contributed by atoms with Gasteiger partial charge in [-0.2, -0.15) is 0 Å². The fourth-order valence-electron chi connectivity index (χ4n) is 1.91. The zero-order valence-electron chi connectivity index (χ0n) is 9.71. The molecule has 1 rings (SSSR count). The number of carbonyl (C=O) groups excluding carboxylic acids is 2. The van der Waals surface area contributed by atoms with Crippen molar-refractivity contribution in [2.24, 2.45) is 0 Å². The summed E-state index contributed by atoms with van der Waals surface area (Å²) in [5, 5.41) is 0. The van der Waals surface area contributed by atoms with E-state index in [0.29, 0.717) is 6.54 Å². The van der Waals surface area contributed by atoms with Crippen LogP contribution in [0.4, 0.5) is 0 Å². The summed E-state index contributed by atoms with van der Waals surface area (Å²) in [6, 6.07) is 0. The van der Waals surface area contributed by atoms with Crippen LogP contribution >= 0.6 is 0 Å². The Kier molecular flexibility index (Phi) is 3.85. The first-order valence-electron chi connectivity index (χ1n) is 5.29. The first-order chi connectivity index (χ1) is 6.97. The van der Waals surface area contributed by atoms with Crippen molar-refractivity contribution >= 4 is 11.7 Å². The standard InChI is InChI=1S/C11H19NO3/c1-9(13)7-10(14)12-6-4-5-11(2,8-12)15-3/h4-8H2,1-3H3. The zero-order chi connectivity index (χ0) is 11.5. The molecule has 0 saturated carbocycles. The van der Waals surface area contributed by atoms with Gasteiger partial charge in [-0.1, -0.05) is 0 Å². The van der Waals surface area contributed by atoms with Crippen LogP contribution in [-0.2, 0) is 14.3 Å². The molecule has 1 unspecified atom stereocenters. The minimum atomic E-state index is -0.245. The molecular weight excluding hydrogens is 194 g/mol. The van der Waals surface area contributed by atoms with Crippen LogP contribution in [0.5, 0.6) is 0 Å². The zero-order valence-corrected chi connectivity index (χ0v) is 9.71. The van der Waals surface area contributed by atoms with Gasteiger partial charge in [-0.05, 0) is 26.7 Å². The minimum absolute atomic E-state index is 0.0137. The van der Waals surface area contributed by atoms with Gasteiger partial charge < -0.3 is 9.64 Å². The van der Waals surface area contributed by atoms with E-state index in [1.165, 1.54) is 6.92 Å². The predicted molar refractivity (Wildman–Crippen MR) is 56.5 cm³/mol. The van der Waals surface area contributed by atoms with Gasteiger partial charge in [0.1, 0.15) is 5.78 Å². The fraction of sp³-hybridized carbons (Fsp3) is 0.818. The van der Waals surface area contributed by atoms with Crippen molar-refractivity contribution < 1.29 is 14.3 Å². The van der Waals surface area contributed by atoms with Crippen molar-refractivity contribution in [3.8, 4) is 0 Å². The van der Waals surface area contributed by atoms with E-state index in [9.17, 15) is 9.59 Å². The minimum Gasteiger partial charge on any atom is -0.377 e. The highest BCUT2D eigenvalue weighted by molar-refractivity contribution is 5.96. The summed E-state index contributed by atoms with van der Waals surface area (Å²) in [5.74, 6) is -0.157. The number of Topliss-reactive ketones (excluding diaryl/α,β-unsaturated/α-hetero) is 1. The first kappa shape index (κ1) is 12.2. The van der Waals surface area contributed by atoms with E-state index < -0.39 is 0 Å². The SMILES string of the molecule is COC1(C)CCCN(C(=O)CC(C)=O)C1. The monoisotopic (exact) mass is 213 g/mol. The molecule has 4 nitrogen and oxygen atoms in total. The van der Waals surface area contributed by atoms with E-state index in [2.05, 4.69) is 0 Å². The Morgan fingerprint density at radius 3 is 2.67 bits per heavy atom. The summed E-state index contributed by atoms with van der Waals surface area (Å²) >= 11 is 0. The summed E-state index contributed by atoms with van der Waals surface area (Å²) in [6.07, 6.45) is 1.92. The van der Waals surface area contributed by atoms with Crippen LogP contribution in [-0.4, -0.2) is 42.4 Å². The number of ether oxygens (including phenoxy) is 1. The number of hydrogen-bond acceptors (Lipinski definition) is 3. The highest BCUT2D eigenvalue weighted by Crippen LogP contribution is 2.24. The molecule has 0 aromatic heterocycles. The van der Waals surface area contributed by atoms with Crippen molar-refractivity contribution in [2.45, 2.75) is 38.7 Å². The summed E-state index contributed by atoms with van der Waals surface area (Å²) in [5.41, 5.74) is -0.245. The van der Waals surface area contributed by atoms with Gasteiger partial charge in [0.05, 0.1) is 12.0 Å². The van der Waals surface area contributed by atoms with Crippen LogP contribution in [0.25, 0.3) is 0 Å². The maximum Gasteiger partial charge on any atom is 0.230 e. The van der Waals surface area contributed by atoms with Gasteiger partial charge in [0.25, 0.3) is 0 Å². The van der Waals surface area contributed by atoms with Gasteiger partial charge in [0.15, 0.2) is 0 Å². The lowest BCUT2D eigenvalue weighted by Gasteiger charge is -2.39. The molecule has 0 radical (unpaired) electrons. The lowest BCUT2D eigenvalue weighted by molar-refractivity contribution is -0.141. The molecule has 1 aliphatic rings. The Morgan fingerprint density at radius 1 is 1.47 bits per heavy atom. The molecule has 0 aliphatic carbocycles. The molecule has 0 aromatic carbocycles. The molecule has 0 bridgehead atoms. The number of likely N-dealkylation sites (tertiary alicyclic amines) is 1. The maximum absolute atomic E-state index is 11.7. The van der Waals surface area contributed by atoms with Crippen LogP contribution in [0.15, 0.2) is 0 Å². The number of hydrogen-bond donors (Lipinski definition) is 0. The second kappa shape index (κ2) is 4.75. The number of nitrogens with zero attached hydrogens (tertiary/aromatic N) is 1. The van der Waals surface area contributed by atoms with E-state index in [1.807, 2.05) is 6.92 Å². The average molecular weight is 213 g/mol. The second-order valence-corrected chi connectivity index (χ2v) is 4.45. The predicted octanol–water partition coefficient (Wildman–Crippen LogP) is 0.993. The molecule has 1 saturated heterocycles. The molecule has 86 valence electrons. The molecule has 15 heavy (non-hydrogen) atoms. The molecule has 1 fully saturated rings. The van der Waals surface area contributed by atoms with Crippen LogP contribution in [0, 0.1) is 0 Å². The van der Waals surface area contributed by atoms with E-state index in [-0.39, 0.29) is 23.7 Å². The Hall–Kier alpha value is -0.900. The molecule has 1 amide bonds. The fourth-order valence-corrected chi connectivity index (χ4v) is 1.91. The van der Waals surface area contributed by atoms with E-state index in [0.717, 1.165) is 19.4 Å². The average Bonchev–Trinajstić information content (AvgIpc) is 2.17. The summed E-state index contributed by atoms with van der Waals surface area (Å²) in [4.78, 5) is 24.2. The number of carbonyl (C=O) groups is 2. The number of rotatable bonds is 3. The van der Waals surface area contributed by atoms with E-state index >= 15 is 0 Å². The topological polar surface area (TPSA) is 46.6 Å². The van der Waals surface area contributed by atoms with Crippen LogP contribution < -0.4 is 0 Å². The largest absolute Gasteiger partial charge is 0.377 e. The van der Waals surface area contributed by atoms with Crippen LogP contribution in [0.3, 0.4) is 0 Å². The molecule has 1 atom stereocenters. The molecule has 0 aromatic rings. The third kappa shape index (κ3) is 3.30. The molecule has 4 heteroatoms. The number of amides is 1. The Balaban J connectivity index is 2.56. The van der Waals surface area contributed by atoms with E-state index in [1.54, 1.807) is 12.0 Å². The van der Waals surface area contributed by atoms with Gasteiger partial charge in [-0.15, -0.1) is 0 Å². The quantitative estimate of drug-likeness (QED) is 0.657. The normalized spacial score (nSPS) is 26.5. The van der Waals surface area contributed by atoms with Crippen molar-refractivity contribution in [1.29, 1.82) is 0 Å².